The van der Waals surface area contributed by atoms with E-state index >= 15 is 0 Å². The van der Waals surface area contributed by atoms with Crippen LogP contribution in [0.3, 0.4) is 0 Å². The zero-order valence-corrected chi connectivity index (χ0v) is 19.4. The van der Waals surface area contributed by atoms with Gasteiger partial charge in [-0.25, -0.2) is 14.7 Å². The molecule has 0 spiro atoms. The van der Waals surface area contributed by atoms with Crippen LogP contribution < -0.4 is 20.1 Å². The lowest BCUT2D eigenvalue weighted by molar-refractivity contribution is 0.223. The maximum Gasteiger partial charge on any atom is 0.191 e. The van der Waals surface area contributed by atoms with Crippen LogP contribution in [0.2, 0.25) is 0 Å². The molecule has 0 saturated carbocycles. The fourth-order valence-corrected chi connectivity index (χ4v) is 3.20. The van der Waals surface area contributed by atoms with E-state index in [4.69, 9.17) is 9.47 Å². The Balaban J connectivity index is 1.56. The van der Waals surface area contributed by atoms with Gasteiger partial charge in [0.15, 0.2) is 11.8 Å². The molecule has 0 saturated heterocycles. The summed E-state index contributed by atoms with van der Waals surface area (Å²) >= 11 is 0. The number of aryl methyl sites for hydroxylation is 2. The fourth-order valence-electron chi connectivity index (χ4n) is 3.20. The van der Waals surface area contributed by atoms with Gasteiger partial charge in [-0.1, -0.05) is 12.1 Å². The van der Waals surface area contributed by atoms with Crippen molar-refractivity contribution in [2.24, 2.45) is 4.99 Å². The number of methoxy groups -OCH3 is 1. The van der Waals surface area contributed by atoms with Crippen molar-refractivity contribution in [2.45, 2.75) is 40.3 Å². The maximum absolute atomic E-state index is 5.97. The Labute approximate surface area is 189 Å². The van der Waals surface area contributed by atoms with Crippen LogP contribution in [-0.2, 0) is 6.54 Å². The van der Waals surface area contributed by atoms with Crippen LogP contribution >= 0.6 is 0 Å². The molecule has 0 fully saturated rings. The minimum absolute atomic E-state index is 0.0484. The summed E-state index contributed by atoms with van der Waals surface area (Å²) in [6.07, 6.45) is 1.79. The molecule has 3 aromatic rings. The molecule has 1 aromatic carbocycles. The summed E-state index contributed by atoms with van der Waals surface area (Å²) in [5.74, 6) is 3.08. The lowest BCUT2D eigenvalue weighted by Crippen LogP contribution is -2.41. The van der Waals surface area contributed by atoms with Gasteiger partial charge in [-0.2, -0.15) is 5.10 Å². The average Bonchev–Trinajstić information content (AvgIpc) is 3.14. The Morgan fingerprint density at radius 2 is 1.94 bits per heavy atom. The smallest absolute Gasteiger partial charge is 0.191 e. The first-order valence-electron chi connectivity index (χ1n) is 10.8. The number of ether oxygens (including phenoxy) is 2. The number of benzene rings is 1. The highest BCUT2D eigenvalue weighted by Gasteiger charge is 2.08. The minimum Gasteiger partial charge on any atom is -0.497 e. The lowest BCUT2D eigenvalue weighted by atomic mass is 10.3. The second kappa shape index (κ2) is 11.2. The van der Waals surface area contributed by atoms with Crippen LogP contribution in [-0.4, -0.2) is 47.0 Å². The standard InChI is InChI=1S/C24H32N6O2/c1-6-25-24(27-14-19(4)32-22-9-7-8-21(13-22)31-5)28-16-20-10-11-23(26-15-20)30-18(3)12-17(2)29-30/h7-13,15,19H,6,14,16H2,1-5H3,(H2,25,27,28). The van der Waals surface area contributed by atoms with Gasteiger partial charge in [0.25, 0.3) is 0 Å². The van der Waals surface area contributed by atoms with E-state index in [0.29, 0.717) is 13.1 Å². The molecule has 32 heavy (non-hydrogen) atoms. The first-order valence-corrected chi connectivity index (χ1v) is 10.8. The van der Waals surface area contributed by atoms with E-state index in [1.54, 1.807) is 7.11 Å². The Morgan fingerprint density at radius 3 is 2.59 bits per heavy atom. The molecular formula is C24H32N6O2. The quantitative estimate of drug-likeness (QED) is 0.395. The largest absolute Gasteiger partial charge is 0.497 e. The summed E-state index contributed by atoms with van der Waals surface area (Å²) in [4.78, 5) is 9.21. The molecule has 0 radical (unpaired) electrons. The van der Waals surface area contributed by atoms with Crippen LogP contribution in [0, 0.1) is 13.8 Å². The van der Waals surface area contributed by atoms with Crippen LogP contribution in [0.15, 0.2) is 53.7 Å². The summed E-state index contributed by atoms with van der Waals surface area (Å²) in [6.45, 7) is 9.95. The summed E-state index contributed by atoms with van der Waals surface area (Å²) in [6, 6.07) is 13.6. The van der Waals surface area contributed by atoms with Crippen LogP contribution in [0.5, 0.6) is 11.5 Å². The highest BCUT2D eigenvalue weighted by atomic mass is 16.5. The van der Waals surface area contributed by atoms with Gasteiger partial charge < -0.3 is 20.1 Å². The summed E-state index contributed by atoms with van der Waals surface area (Å²) in [7, 11) is 1.64. The van der Waals surface area contributed by atoms with E-state index in [2.05, 4.69) is 25.7 Å². The highest BCUT2D eigenvalue weighted by molar-refractivity contribution is 5.79. The highest BCUT2D eigenvalue weighted by Crippen LogP contribution is 2.19. The van der Waals surface area contributed by atoms with Crippen molar-refractivity contribution in [1.29, 1.82) is 0 Å². The predicted octanol–water partition coefficient (Wildman–Crippen LogP) is 3.42. The fraction of sp³-hybridized carbons (Fsp3) is 0.375. The number of nitrogens with one attached hydrogen (secondary N) is 2. The Kier molecular flexibility index (Phi) is 8.08. The molecule has 8 heteroatoms. The van der Waals surface area contributed by atoms with Crippen molar-refractivity contribution >= 4 is 5.96 Å². The number of pyridine rings is 1. The van der Waals surface area contributed by atoms with Crippen molar-refractivity contribution in [1.82, 2.24) is 25.4 Å². The van der Waals surface area contributed by atoms with Crippen molar-refractivity contribution in [3.63, 3.8) is 0 Å². The van der Waals surface area contributed by atoms with Gasteiger partial charge in [0, 0.05) is 24.5 Å². The molecular weight excluding hydrogens is 404 g/mol. The van der Waals surface area contributed by atoms with Gasteiger partial charge in [0.1, 0.15) is 17.6 Å². The van der Waals surface area contributed by atoms with Crippen molar-refractivity contribution in [2.75, 3.05) is 20.2 Å². The average molecular weight is 437 g/mol. The monoisotopic (exact) mass is 436 g/mol. The Bertz CT molecular complexity index is 1030. The van der Waals surface area contributed by atoms with Gasteiger partial charge >= 0.3 is 0 Å². The van der Waals surface area contributed by atoms with Crippen molar-refractivity contribution in [3.05, 3.63) is 65.6 Å². The molecule has 2 heterocycles. The molecule has 1 unspecified atom stereocenters. The minimum atomic E-state index is -0.0484. The molecule has 2 N–H and O–H groups in total. The molecule has 1 atom stereocenters. The molecule has 3 rings (SSSR count). The Hall–Kier alpha value is -3.55. The number of aliphatic imine (C=N–C) groups is 1. The number of hydrogen-bond donors (Lipinski definition) is 2. The number of guanidine groups is 1. The second-order valence-electron chi connectivity index (χ2n) is 7.55. The molecule has 170 valence electrons. The third kappa shape index (κ3) is 6.47. The molecule has 2 aromatic heterocycles. The van der Waals surface area contributed by atoms with Crippen LogP contribution in [0.25, 0.3) is 5.82 Å². The summed E-state index contributed by atoms with van der Waals surface area (Å²) in [5.41, 5.74) is 3.06. The summed E-state index contributed by atoms with van der Waals surface area (Å²) in [5, 5.41) is 11.1. The number of hydrogen-bond acceptors (Lipinski definition) is 5. The van der Waals surface area contributed by atoms with E-state index in [0.717, 1.165) is 46.8 Å². The van der Waals surface area contributed by atoms with Crippen LogP contribution in [0.1, 0.15) is 30.8 Å². The van der Waals surface area contributed by atoms with E-state index in [9.17, 15) is 0 Å². The first kappa shape index (κ1) is 23.1. The van der Waals surface area contributed by atoms with E-state index < -0.39 is 0 Å². The molecule has 8 nitrogen and oxygen atoms in total. The zero-order valence-electron chi connectivity index (χ0n) is 19.4. The number of rotatable bonds is 9. The molecule has 0 aliphatic carbocycles. The van der Waals surface area contributed by atoms with Crippen LogP contribution in [0.4, 0.5) is 0 Å². The van der Waals surface area contributed by atoms with Gasteiger partial charge in [0.05, 0.1) is 25.9 Å². The van der Waals surface area contributed by atoms with Crippen molar-refractivity contribution in [3.8, 4) is 17.3 Å². The topological polar surface area (TPSA) is 85.6 Å². The maximum atomic E-state index is 5.97. The first-order chi connectivity index (χ1) is 15.5. The van der Waals surface area contributed by atoms with Gasteiger partial charge in [-0.15, -0.1) is 0 Å². The third-order valence-corrected chi connectivity index (χ3v) is 4.74. The molecule has 0 bridgehead atoms. The molecule has 0 amide bonds. The normalized spacial score (nSPS) is 12.3. The predicted molar refractivity (Wildman–Crippen MR) is 127 cm³/mol. The number of aromatic nitrogens is 3. The SMILES string of the molecule is CCNC(=NCc1ccc(-n2nc(C)cc2C)nc1)NCC(C)Oc1cccc(OC)c1. The lowest BCUT2D eigenvalue weighted by Gasteiger charge is -2.18. The zero-order chi connectivity index (χ0) is 22.9. The third-order valence-electron chi connectivity index (χ3n) is 4.74. The van der Waals surface area contributed by atoms with E-state index in [1.807, 2.05) is 81.0 Å². The summed E-state index contributed by atoms with van der Waals surface area (Å²) < 4.78 is 13.1. The van der Waals surface area contributed by atoms with Gasteiger partial charge in [-0.05, 0) is 57.5 Å². The van der Waals surface area contributed by atoms with E-state index in [1.165, 1.54) is 0 Å². The second-order valence-corrected chi connectivity index (χ2v) is 7.55. The Morgan fingerprint density at radius 1 is 1.12 bits per heavy atom. The number of nitrogens with zero attached hydrogens (tertiary/aromatic N) is 4. The van der Waals surface area contributed by atoms with Gasteiger partial charge in [0.2, 0.25) is 0 Å². The van der Waals surface area contributed by atoms with E-state index in [-0.39, 0.29) is 6.10 Å². The van der Waals surface area contributed by atoms with Gasteiger partial charge in [-0.3, -0.25) is 0 Å². The molecule has 0 aliphatic rings. The van der Waals surface area contributed by atoms with Crippen molar-refractivity contribution < 1.29 is 9.47 Å². The molecule has 0 aliphatic heterocycles.